The van der Waals surface area contributed by atoms with Crippen LogP contribution in [0.5, 0.6) is 0 Å². The van der Waals surface area contributed by atoms with Crippen LogP contribution in [0.3, 0.4) is 0 Å². The number of hydrogen-bond acceptors (Lipinski definition) is 3. The van der Waals surface area contributed by atoms with Gasteiger partial charge in [-0.3, -0.25) is 4.79 Å². The zero-order valence-electron chi connectivity index (χ0n) is 8.78. The van der Waals surface area contributed by atoms with Gasteiger partial charge in [-0.1, -0.05) is 26.7 Å². The molecule has 0 saturated carbocycles. The van der Waals surface area contributed by atoms with E-state index in [4.69, 9.17) is 4.74 Å². The minimum Gasteiger partial charge on any atom is -0.447 e. The molecule has 2 amide bonds. The molecular weight excluding hydrogens is 182 g/mol. The maximum atomic E-state index is 11.6. The first kappa shape index (κ1) is 11.0. The Morgan fingerprint density at radius 3 is 2.57 bits per heavy atom. The van der Waals surface area contributed by atoms with Crippen LogP contribution >= 0.6 is 0 Å². The highest BCUT2D eigenvalue weighted by Crippen LogP contribution is 2.16. The predicted octanol–water partition coefficient (Wildman–Crippen LogP) is 1.79. The van der Waals surface area contributed by atoms with Crippen molar-refractivity contribution >= 4 is 12.0 Å². The van der Waals surface area contributed by atoms with Gasteiger partial charge in [0.1, 0.15) is 6.61 Å². The minimum absolute atomic E-state index is 0.0961. The van der Waals surface area contributed by atoms with Gasteiger partial charge in [-0.2, -0.15) is 0 Å². The average molecular weight is 199 g/mol. The monoisotopic (exact) mass is 199 g/mol. The predicted molar refractivity (Wildman–Crippen MR) is 51.8 cm³/mol. The Hall–Kier alpha value is -1.06. The molecule has 0 aromatic heterocycles. The molecule has 0 spiro atoms. The lowest BCUT2D eigenvalue weighted by molar-refractivity contribution is -0.128. The number of ether oxygens (including phenoxy) is 1. The normalized spacial score (nSPS) is 16.2. The first-order valence-corrected chi connectivity index (χ1v) is 5.16. The fraction of sp³-hybridized carbons (Fsp3) is 0.800. The lowest BCUT2D eigenvalue weighted by Gasteiger charge is -2.15. The van der Waals surface area contributed by atoms with Gasteiger partial charge in [0.25, 0.3) is 0 Å². The van der Waals surface area contributed by atoms with Crippen LogP contribution in [0.15, 0.2) is 0 Å². The van der Waals surface area contributed by atoms with Crippen molar-refractivity contribution in [2.45, 2.75) is 33.1 Å². The third kappa shape index (κ3) is 2.47. The number of imide groups is 1. The number of hydrogen-bond donors (Lipinski definition) is 0. The van der Waals surface area contributed by atoms with Crippen molar-refractivity contribution in [3.8, 4) is 0 Å². The Bertz CT molecular complexity index is 223. The van der Waals surface area contributed by atoms with Gasteiger partial charge in [0.15, 0.2) is 0 Å². The summed E-state index contributed by atoms with van der Waals surface area (Å²) in [5, 5.41) is 0. The SMILES string of the molecule is CCC(CC)CC(=O)N1CCOC1=O. The van der Waals surface area contributed by atoms with Crippen molar-refractivity contribution in [2.24, 2.45) is 5.92 Å². The van der Waals surface area contributed by atoms with Crippen molar-refractivity contribution in [3.05, 3.63) is 0 Å². The van der Waals surface area contributed by atoms with Crippen molar-refractivity contribution in [1.29, 1.82) is 0 Å². The molecule has 1 rings (SSSR count). The summed E-state index contributed by atoms with van der Waals surface area (Å²) in [5.74, 6) is 0.289. The van der Waals surface area contributed by atoms with Crippen LogP contribution in [-0.2, 0) is 9.53 Å². The van der Waals surface area contributed by atoms with Crippen LogP contribution in [0.2, 0.25) is 0 Å². The molecule has 80 valence electrons. The Labute approximate surface area is 84.2 Å². The first-order chi connectivity index (χ1) is 6.69. The zero-order chi connectivity index (χ0) is 10.6. The number of carbonyl (C=O) groups is 2. The molecule has 0 N–H and O–H groups in total. The van der Waals surface area contributed by atoms with Crippen LogP contribution in [0.25, 0.3) is 0 Å². The Kier molecular flexibility index (Phi) is 3.92. The molecule has 0 unspecified atom stereocenters. The van der Waals surface area contributed by atoms with Crippen LogP contribution in [0.4, 0.5) is 4.79 Å². The van der Waals surface area contributed by atoms with E-state index in [0.29, 0.717) is 25.5 Å². The molecule has 0 aromatic carbocycles. The van der Waals surface area contributed by atoms with E-state index in [1.807, 2.05) is 0 Å². The van der Waals surface area contributed by atoms with E-state index < -0.39 is 6.09 Å². The summed E-state index contributed by atoms with van der Waals surface area (Å²) in [6.45, 7) is 4.87. The van der Waals surface area contributed by atoms with Crippen LogP contribution in [0.1, 0.15) is 33.1 Å². The molecule has 1 aliphatic heterocycles. The van der Waals surface area contributed by atoms with Gasteiger partial charge in [0.2, 0.25) is 5.91 Å². The smallest absolute Gasteiger partial charge is 0.416 e. The van der Waals surface area contributed by atoms with Crippen molar-refractivity contribution in [1.82, 2.24) is 4.90 Å². The third-order valence-corrected chi connectivity index (χ3v) is 2.68. The van der Waals surface area contributed by atoms with Gasteiger partial charge in [-0.15, -0.1) is 0 Å². The topological polar surface area (TPSA) is 46.6 Å². The number of carbonyl (C=O) groups excluding carboxylic acids is 2. The molecule has 0 aromatic rings. The Balaban J connectivity index is 2.44. The van der Waals surface area contributed by atoms with E-state index in [9.17, 15) is 9.59 Å². The third-order valence-electron chi connectivity index (χ3n) is 2.68. The van der Waals surface area contributed by atoms with Gasteiger partial charge in [-0.25, -0.2) is 9.69 Å². The Morgan fingerprint density at radius 2 is 2.14 bits per heavy atom. The molecule has 1 heterocycles. The quantitative estimate of drug-likeness (QED) is 0.693. The molecule has 0 bridgehead atoms. The molecule has 1 fully saturated rings. The number of nitrogens with zero attached hydrogens (tertiary/aromatic N) is 1. The van der Waals surface area contributed by atoms with Gasteiger partial charge in [0, 0.05) is 6.42 Å². The highest BCUT2D eigenvalue weighted by Gasteiger charge is 2.28. The maximum absolute atomic E-state index is 11.6. The van der Waals surface area contributed by atoms with Crippen molar-refractivity contribution in [2.75, 3.05) is 13.2 Å². The Morgan fingerprint density at radius 1 is 1.50 bits per heavy atom. The average Bonchev–Trinajstić information content (AvgIpc) is 2.60. The van der Waals surface area contributed by atoms with E-state index in [-0.39, 0.29) is 5.91 Å². The summed E-state index contributed by atoms with van der Waals surface area (Å²) in [5.41, 5.74) is 0. The van der Waals surface area contributed by atoms with Gasteiger partial charge in [0.05, 0.1) is 6.54 Å². The molecule has 0 radical (unpaired) electrons. The van der Waals surface area contributed by atoms with E-state index in [0.717, 1.165) is 12.8 Å². The van der Waals surface area contributed by atoms with Gasteiger partial charge >= 0.3 is 6.09 Å². The summed E-state index contributed by atoms with van der Waals surface area (Å²) in [4.78, 5) is 23.9. The highest BCUT2D eigenvalue weighted by atomic mass is 16.6. The molecule has 1 saturated heterocycles. The fourth-order valence-corrected chi connectivity index (χ4v) is 1.55. The summed E-state index contributed by atoms with van der Waals surface area (Å²) in [7, 11) is 0. The lowest BCUT2D eigenvalue weighted by Crippen LogP contribution is -2.32. The fourth-order valence-electron chi connectivity index (χ4n) is 1.55. The van der Waals surface area contributed by atoms with E-state index >= 15 is 0 Å². The summed E-state index contributed by atoms with van der Waals surface area (Å²) >= 11 is 0. The second-order valence-electron chi connectivity index (χ2n) is 3.55. The van der Waals surface area contributed by atoms with Crippen LogP contribution in [0, 0.1) is 5.92 Å². The van der Waals surface area contributed by atoms with Gasteiger partial charge < -0.3 is 4.74 Å². The zero-order valence-corrected chi connectivity index (χ0v) is 8.78. The second-order valence-corrected chi connectivity index (χ2v) is 3.55. The second kappa shape index (κ2) is 4.98. The van der Waals surface area contributed by atoms with Gasteiger partial charge in [-0.05, 0) is 5.92 Å². The molecule has 1 aliphatic rings. The number of amides is 2. The van der Waals surface area contributed by atoms with E-state index in [1.165, 1.54) is 4.90 Å². The molecule has 4 nitrogen and oxygen atoms in total. The number of rotatable bonds is 4. The first-order valence-electron chi connectivity index (χ1n) is 5.16. The summed E-state index contributed by atoms with van der Waals surface area (Å²) in [6.07, 6.45) is 1.93. The molecule has 0 atom stereocenters. The number of cyclic esters (lactones) is 1. The van der Waals surface area contributed by atoms with Crippen LogP contribution < -0.4 is 0 Å². The molecule has 0 aliphatic carbocycles. The van der Waals surface area contributed by atoms with Crippen molar-refractivity contribution < 1.29 is 14.3 Å². The minimum atomic E-state index is -0.485. The summed E-state index contributed by atoms with van der Waals surface area (Å²) < 4.78 is 4.70. The standard InChI is InChI=1S/C10H17NO3/c1-3-8(4-2)7-9(12)11-5-6-14-10(11)13/h8H,3-7H2,1-2H3. The molecule has 14 heavy (non-hydrogen) atoms. The van der Waals surface area contributed by atoms with Crippen molar-refractivity contribution in [3.63, 3.8) is 0 Å². The lowest BCUT2D eigenvalue weighted by atomic mass is 9.99. The highest BCUT2D eigenvalue weighted by molar-refractivity contribution is 5.92. The van der Waals surface area contributed by atoms with E-state index in [2.05, 4.69) is 13.8 Å². The molecular formula is C10H17NO3. The maximum Gasteiger partial charge on any atom is 0.416 e. The summed E-state index contributed by atoms with van der Waals surface area (Å²) in [6, 6.07) is 0. The van der Waals surface area contributed by atoms with Crippen LogP contribution in [-0.4, -0.2) is 30.1 Å². The van der Waals surface area contributed by atoms with E-state index in [1.54, 1.807) is 0 Å². The molecule has 4 heteroatoms. The largest absolute Gasteiger partial charge is 0.447 e.